The summed E-state index contributed by atoms with van der Waals surface area (Å²) in [5, 5.41) is 4.47. The molecule has 0 atom stereocenters. The molecule has 0 radical (unpaired) electrons. The minimum absolute atomic E-state index is 0.0489. The van der Waals surface area contributed by atoms with Crippen LogP contribution in [0.3, 0.4) is 0 Å². The Morgan fingerprint density at radius 1 is 1.05 bits per heavy atom. The van der Waals surface area contributed by atoms with Crippen molar-refractivity contribution >= 4 is 27.4 Å². The summed E-state index contributed by atoms with van der Waals surface area (Å²) in [6, 6.07) is 11.8. The fourth-order valence-corrected chi connectivity index (χ4v) is 5.88. The van der Waals surface area contributed by atoms with Crippen LogP contribution in [0.1, 0.15) is 12.8 Å². The van der Waals surface area contributed by atoms with Gasteiger partial charge in [0.1, 0.15) is 10.6 Å². The van der Waals surface area contributed by atoms with Crippen LogP contribution in [-0.2, 0) is 11.8 Å². The van der Waals surface area contributed by atoms with Crippen LogP contribution in [0.4, 0.5) is 10.2 Å². The number of ether oxygens (including phenoxy) is 2. The Morgan fingerprint density at radius 2 is 1.86 bits per heavy atom. The molecule has 4 heterocycles. The highest BCUT2D eigenvalue weighted by molar-refractivity contribution is 7.22. The summed E-state index contributed by atoms with van der Waals surface area (Å²) in [5.41, 5.74) is 2.21. The molecule has 0 unspecified atom stereocenters. The van der Waals surface area contributed by atoms with Gasteiger partial charge in [-0.15, -0.1) is 11.3 Å². The number of hydrogen-bond donors (Lipinski definition) is 1. The first-order valence-corrected chi connectivity index (χ1v) is 12.7. The highest BCUT2D eigenvalue weighted by Gasteiger charge is 2.31. The molecule has 1 aromatic carbocycles. The van der Waals surface area contributed by atoms with E-state index in [1.165, 1.54) is 18.4 Å². The number of benzene rings is 1. The first-order chi connectivity index (χ1) is 18.1. The standard InChI is InChI=1S/C27H25FN6O2S/c1-34-12-11-29-25(34)24-32-23(31-16-13-17(14-16)35-2)20-19(15-7-5-4-6-8-15)22(37-27(20)33-24)18-9-10-30-26(36-3)21(18)28/h4-12,16-17H,13-14H2,1-3H3,(H,31,32,33)/t16-,17-. The number of imidazole rings is 1. The Hall–Kier alpha value is -3.89. The van der Waals surface area contributed by atoms with Gasteiger partial charge in [0.25, 0.3) is 5.88 Å². The zero-order valence-electron chi connectivity index (χ0n) is 20.6. The Bertz CT molecular complexity index is 1580. The summed E-state index contributed by atoms with van der Waals surface area (Å²) in [6.45, 7) is 0. The quantitative estimate of drug-likeness (QED) is 0.303. The fourth-order valence-electron chi connectivity index (χ4n) is 4.67. The number of nitrogens with zero attached hydrogens (tertiary/aromatic N) is 5. The van der Waals surface area contributed by atoms with E-state index in [4.69, 9.17) is 19.4 Å². The Labute approximate surface area is 217 Å². The van der Waals surface area contributed by atoms with E-state index < -0.39 is 5.82 Å². The second-order valence-corrected chi connectivity index (χ2v) is 9.96. The van der Waals surface area contributed by atoms with Crippen molar-refractivity contribution in [2.75, 3.05) is 19.5 Å². The van der Waals surface area contributed by atoms with E-state index in [9.17, 15) is 0 Å². The SMILES string of the molecule is COc1nccc(-c2sc3nc(-c4nccn4C)nc(N[C@H]4C[C@H](OC)C4)c3c2-c2ccccc2)c1F. The van der Waals surface area contributed by atoms with Crippen LogP contribution < -0.4 is 10.1 Å². The third-order valence-electron chi connectivity index (χ3n) is 6.70. The van der Waals surface area contributed by atoms with Gasteiger partial charge in [0.05, 0.1) is 18.6 Å². The van der Waals surface area contributed by atoms with Crippen molar-refractivity contribution in [3.63, 3.8) is 0 Å². The van der Waals surface area contributed by atoms with Gasteiger partial charge in [0.15, 0.2) is 17.5 Å². The molecule has 5 aromatic rings. The molecule has 0 spiro atoms. The predicted molar refractivity (Wildman–Crippen MR) is 142 cm³/mol. The lowest BCUT2D eigenvalue weighted by molar-refractivity contribution is 0.0328. The van der Waals surface area contributed by atoms with Gasteiger partial charge in [-0.2, -0.15) is 0 Å². The summed E-state index contributed by atoms with van der Waals surface area (Å²) in [6.07, 6.45) is 7.13. The first kappa shape index (κ1) is 23.5. The number of methoxy groups -OCH3 is 2. The summed E-state index contributed by atoms with van der Waals surface area (Å²) in [7, 11) is 5.06. The second-order valence-electron chi connectivity index (χ2n) is 8.96. The van der Waals surface area contributed by atoms with Crippen molar-refractivity contribution in [3.05, 3.63) is 60.8 Å². The van der Waals surface area contributed by atoms with Crippen molar-refractivity contribution < 1.29 is 13.9 Å². The number of anilines is 1. The van der Waals surface area contributed by atoms with E-state index in [0.29, 0.717) is 23.0 Å². The van der Waals surface area contributed by atoms with Gasteiger partial charge in [-0.1, -0.05) is 30.3 Å². The number of thiophene rings is 1. The molecular formula is C27H25FN6O2S. The van der Waals surface area contributed by atoms with Crippen LogP contribution in [0.25, 0.3) is 43.4 Å². The number of aromatic nitrogens is 5. The van der Waals surface area contributed by atoms with E-state index in [-0.39, 0.29) is 18.0 Å². The number of nitrogens with one attached hydrogen (secondary N) is 1. The van der Waals surface area contributed by atoms with Crippen LogP contribution in [0, 0.1) is 5.82 Å². The average Bonchev–Trinajstić information content (AvgIpc) is 3.50. The van der Waals surface area contributed by atoms with Crippen molar-refractivity contribution in [1.29, 1.82) is 0 Å². The van der Waals surface area contributed by atoms with E-state index in [2.05, 4.69) is 15.3 Å². The van der Waals surface area contributed by atoms with Crippen LogP contribution in [0.2, 0.25) is 0 Å². The van der Waals surface area contributed by atoms with Crippen LogP contribution in [0.15, 0.2) is 55.0 Å². The van der Waals surface area contributed by atoms with Gasteiger partial charge in [0, 0.05) is 54.8 Å². The number of rotatable bonds is 7. The molecule has 0 amide bonds. The van der Waals surface area contributed by atoms with Crippen molar-refractivity contribution in [1.82, 2.24) is 24.5 Å². The maximum atomic E-state index is 15.5. The van der Waals surface area contributed by atoms with Crippen LogP contribution in [0.5, 0.6) is 5.88 Å². The van der Waals surface area contributed by atoms with Crippen molar-refractivity contribution in [3.8, 4) is 39.1 Å². The van der Waals surface area contributed by atoms with E-state index in [1.54, 1.807) is 25.6 Å². The maximum Gasteiger partial charge on any atom is 0.250 e. The highest BCUT2D eigenvalue weighted by Crippen LogP contribution is 2.48. The molecular weight excluding hydrogens is 491 g/mol. The number of aryl methyl sites for hydroxylation is 1. The normalized spacial score (nSPS) is 17.1. The number of pyridine rings is 1. The lowest BCUT2D eigenvalue weighted by Gasteiger charge is -2.35. The van der Waals surface area contributed by atoms with E-state index in [0.717, 1.165) is 39.1 Å². The lowest BCUT2D eigenvalue weighted by Crippen LogP contribution is -2.40. The van der Waals surface area contributed by atoms with Crippen LogP contribution >= 0.6 is 11.3 Å². The molecule has 0 saturated heterocycles. The van der Waals surface area contributed by atoms with Crippen LogP contribution in [-0.4, -0.2) is 50.9 Å². The van der Waals surface area contributed by atoms with Crippen molar-refractivity contribution in [2.45, 2.75) is 25.0 Å². The van der Waals surface area contributed by atoms with Gasteiger partial charge < -0.3 is 19.4 Å². The van der Waals surface area contributed by atoms with Gasteiger partial charge in [-0.25, -0.2) is 24.3 Å². The van der Waals surface area contributed by atoms with E-state index >= 15 is 4.39 Å². The first-order valence-electron chi connectivity index (χ1n) is 11.9. The second kappa shape index (κ2) is 9.53. The Morgan fingerprint density at radius 3 is 2.57 bits per heavy atom. The molecule has 37 heavy (non-hydrogen) atoms. The summed E-state index contributed by atoms with van der Waals surface area (Å²) in [5.74, 6) is 1.30. The molecule has 1 aliphatic carbocycles. The van der Waals surface area contributed by atoms with Gasteiger partial charge >= 0.3 is 0 Å². The molecule has 0 aliphatic heterocycles. The number of halogens is 1. The zero-order chi connectivity index (χ0) is 25.5. The number of fused-ring (bicyclic) bond motifs is 1. The molecule has 6 rings (SSSR count). The Kier molecular flexibility index (Phi) is 6.05. The molecule has 8 nitrogen and oxygen atoms in total. The third kappa shape index (κ3) is 4.11. The molecule has 188 valence electrons. The topological polar surface area (TPSA) is 87.0 Å². The number of hydrogen-bond acceptors (Lipinski definition) is 8. The zero-order valence-corrected chi connectivity index (χ0v) is 21.4. The molecule has 10 heteroatoms. The lowest BCUT2D eigenvalue weighted by atomic mass is 9.89. The molecule has 1 saturated carbocycles. The minimum Gasteiger partial charge on any atom is -0.479 e. The predicted octanol–water partition coefficient (Wildman–Crippen LogP) is 5.56. The fraction of sp³-hybridized carbons (Fsp3) is 0.259. The third-order valence-corrected chi connectivity index (χ3v) is 7.82. The monoisotopic (exact) mass is 516 g/mol. The summed E-state index contributed by atoms with van der Waals surface area (Å²) in [4.78, 5) is 19.8. The summed E-state index contributed by atoms with van der Waals surface area (Å²) >= 11 is 1.42. The largest absolute Gasteiger partial charge is 0.479 e. The molecule has 0 bridgehead atoms. The van der Waals surface area contributed by atoms with E-state index in [1.807, 2.05) is 48.1 Å². The van der Waals surface area contributed by atoms with Crippen molar-refractivity contribution in [2.24, 2.45) is 7.05 Å². The molecule has 1 aliphatic rings. The van der Waals surface area contributed by atoms with Gasteiger partial charge in [0.2, 0.25) is 0 Å². The Balaban J connectivity index is 1.63. The van der Waals surface area contributed by atoms with Gasteiger partial charge in [-0.3, -0.25) is 0 Å². The average molecular weight is 517 g/mol. The van der Waals surface area contributed by atoms with Gasteiger partial charge in [-0.05, 0) is 24.5 Å². The summed E-state index contributed by atoms with van der Waals surface area (Å²) < 4.78 is 28.1. The molecule has 1 N–H and O–H groups in total. The maximum absolute atomic E-state index is 15.5. The molecule has 1 fully saturated rings. The highest BCUT2D eigenvalue weighted by atomic mass is 32.1. The smallest absolute Gasteiger partial charge is 0.250 e. The minimum atomic E-state index is -0.512. The molecule has 4 aromatic heterocycles.